The number of hydrogen-bond donors (Lipinski definition) is 1. The van der Waals surface area contributed by atoms with E-state index in [2.05, 4.69) is 28.6 Å². The lowest BCUT2D eigenvalue weighted by Crippen LogP contribution is -2.10. The van der Waals surface area contributed by atoms with E-state index in [1.807, 2.05) is 17.8 Å². The predicted octanol–water partition coefficient (Wildman–Crippen LogP) is 2.09. The van der Waals surface area contributed by atoms with E-state index in [1.54, 1.807) is 0 Å². The molecule has 4 nitrogen and oxygen atoms in total. The number of rotatable bonds is 5. The van der Waals surface area contributed by atoms with Gasteiger partial charge in [0.15, 0.2) is 0 Å². The summed E-state index contributed by atoms with van der Waals surface area (Å²) in [6, 6.07) is 8.30. The number of aryl methyl sites for hydroxylation is 1. The molecule has 1 aliphatic rings. The van der Waals surface area contributed by atoms with E-state index in [1.165, 1.54) is 17.3 Å². The van der Waals surface area contributed by atoms with Crippen molar-refractivity contribution in [2.75, 3.05) is 19.7 Å². The summed E-state index contributed by atoms with van der Waals surface area (Å²) in [6.45, 7) is 3.75. The second-order valence-electron chi connectivity index (χ2n) is 5.29. The van der Waals surface area contributed by atoms with Gasteiger partial charge in [0.25, 0.3) is 0 Å². The van der Waals surface area contributed by atoms with E-state index < -0.39 is 0 Å². The van der Waals surface area contributed by atoms with Gasteiger partial charge >= 0.3 is 0 Å². The molecule has 0 amide bonds. The van der Waals surface area contributed by atoms with Crippen molar-refractivity contribution in [1.29, 1.82) is 0 Å². The number of nitrogens with one attached hydrogen (secondary N) is 1. The summed E-state index contributed by atoms with van der Waals surface area (Å²) < 4.78 is 7.72. The van der Waals surface area contributed by atoms with Gasteiger partial charge < -0.3 is 10.1 Å². The van der Waals surface area contributed by atoms with E-state index in [-0.39, 0.29) is 0 Å². The van der Waals surface area contributed by atoms with E-state index in [0.29, 0.717) is 6.61 Å². The second-order valence-corrected chi connectivity index (χ2v) is 5.29. The Kier molecular flexibility index (Phi) is 3.80. The highest BCUT2D eigenvalue weighted by molar-refractivity contribution is 5.81. The molecule has 1 unspecified atom stereocenters. The molecule has 0 bridgehead atoms. The smallest absolute Gasteiger partial charge is 0.0960 e. The van der Waals surface area contributed by atoms with E-state index >= 15 is 0 Å². The number of para-hydroxylation sites is 1. The Morgan fingerprint density at radius 3 is 3.16 bits per heavy atom. The molecule has 1 aromatic heterocycles. The van der Waals surface area contributed by atoms with Crippen LogP contribution in [0.5, 0.6) is 0 Å². The average molecular weight is 259 g/mol. The first-order chi connectivity index (χ1) is 9.34. The lowest BCUT2D eigenvalue weighted by molar-refractivity contribution is 0.107. The molecule has 1 fully saturated rings. The van der Waals surface area contributed by atoms with Crippen LogP contribution >= 0.6 is 0 Å². The molecule has 1 saturated heterocycles. The highest BCUT2D eigenvalue weighted by Crippen LogP contribution is 2.18. The summed E-state index contributed by atoms with van der Waals surface area (Å²) in [5.74, 6) is 0.792. The maximum Gasteiger partial charge on any atom is 0.0960 e. The van der Waals surface area contributed by atoms with Gasteiger partial charge in [0.2, 0.25) is 0 Å². The number of benzene rings is 1. The minimum Gasteiger partial charge on any atom is -0.375 e. The molecule has 1 aliphatic heterocycles. The predicted molar refractivity (Wildman–Crippen MR) is 76.0 cm³/mol. The third kappa shape index (κ3) is 2.80. The summed E-state index contributed by atoms with van der Waals surface area (Å²) >= 11 is 0. The number of hydrogen-bond acceptors (Lipinski definition) is 3. The SMILES string of the molecule is Cn1nc(COCCC2CCNC2)c2ccccc21. The highest BCUT2D eigenvalue weighted by Gasteiger charge is 2.14. The monoisotopic (exact) mass is 259 g/mol. The molecule has 0 spiro atoms. The van der Waals surface area contributed by atoms with Gasteiger partial charge in [-0.25, -0.2) is 0 Å². The van der Waals surface area contributed by atoms with E-state index in [0.717, 1.165) is 37.7 Å². The van der Waals surface area contributed by atoms with Gasteiger partial charge in [0, 0.05) is 19.0 Å². The Bertz CT molecular complexity index is 543. The van der Waals surface area contributed by atoms with Crippen LogP contribution in [0.1, 0.15) is 18.5 Å². The van der Waals surface area contributed by atoms with Crippen molar-refractivity contribution in [3.63, 3.8) is 0 Å². The fraction of sp³-hybridized carbons (Fsp3) is 0.533. The maximum atomic E-state index is 5.80. The molecular weight excluding hydrogens is 238 g/mol. The van der Waals surface area contributed by atoms with E-state index in [4.69, 9.17) is 4.74 Å². The van der Waals surface area contributed by atoms with Crippen molar-refractivity contribution >= 4 is 10.9 Å². The zero-order valence-corrected chi connectivity index (χ0v) is 11.4. The van der Waals surface area contributed by atoms with Crippen molar-refractivity contribution in [2.45, 2.75) is 19.4 Å². The Hall–Kier alpha value is -1.39. The molecule has 0 aliphatic carbocycles. The molecule has 2 heterocycles. The molecule has 2 aromatic rings. The van der Waals surface area contributed by atoms with Gasteiger partial charge in [-0.05, 0) is 37.9 Å². The third-order valence-electron chi connectivity index (χ3n) is 3.91. The standard InChI is InChI=1S/C15H21N3O/c1-18-15-5-3-2-4-13(15)14(17-18)11-19-9-7-12-6-8-16-10-12/h2-5,12,16H,6-11H2,1H3. The van der Waals surface area contributed by atoms with Crippen LogP contribution < -0.4 is 5.32 Å². The molecule has 0 saturated carbocycles. The third-order valence-corrected chi connectivity index (χ3v) is 3.91. The van der Waals surface area contributed by atoms with Crippen molar-refractivity contribution in [3.05, 3.63) is 30.0 Å². The number of fused-ring (bicyclic) bond motifs is 1. The van der Waals surface area contributed by atoms with Gasteiger partial charge in [-0.1, -0.05) is 18.2 Å². The van der Waals surface area contributed by atoms with Gasteiger partial charge in [-0.2, -0.15) is 5.10 Å². The minimum atomic E-state index is 0.613. The van der Waals surface area contributed by atoms with Gasteiger partial charge in [-0.15, -0.1) is 0 Å². The number of aromatic nitrogens is 2. The molecule has 102 valence electrons. The zero-order valence-electron chi connectivity index (χ0n) is 11.4. The minimum absolute atomic E-state index is 0.613. The van der Waals surface area contributed by atoms with Crippen LogP contribution in [-0.2, 0) is 18.4 Å². The molecule has 19 heavy (non-hydrogen) atoms. The Morgan fingerprint density at radius 2 is 2.32 bits per heavy atom. The van der Waals surface area contributed by atoms with Crippen molar-refractivity contribution < 1.29 is 4.74 Å². The Balaban J connectivity index is 1.56. The van der Waals surface area contributed by atoms with Crippen LogP contribution in [0, 0.1) is 5.92 Å². The van der Waals surface area contributed by atoms with Crippen LogP contribution in [0.2, 0.25) is 0 Å². The summed E-state index contributed by atoms with van der Waals surface area (Å²) in [5.41, 5.74) is 2.21. The quantitative estimate of drug-likeness (QED) is 0.836. The maximum absolute atomic E-state index is 5.80. The fourth-order valence-electron chi connectivity index (χ4n) is 2.77. The topological polar surface area (TPSA) is 39.1 Å². The lowest BCUT2D eigenvalue weighted by atomic mass is 10.1. The molecule has 1 atom stereocenters. The van der Waals surface area contributed by atoms with Gasteiger partial charge in [-0.3, -0.25) is 4.68 Å². The molecule has 4 heteroatoms. The molecular formula is C15H21N3O. The van der Waals surface area contributed by atoms with Gasteiger partial charge in [0.05, 0.1) is 17.8 Å². The first-order valence-corrected chi connectivity index (χ1v) is 7.03. The summed E-state index contributed by atoms with van der Waals surface area (Å²) in [5, 5.41) is 9.13. The van der Waals surface area contributed by atoms with Gasteiger partial charge in [0.1, 0.15) is 0 Å². The summed E-state index contributed by atoms with van der Waals surface area (Å²) in [4.78, 5) is 0. The Labute approximate surface area is 113 Å². The van der Waals surface area contributed by atoms with Crippen molar-refractivity contribution in [3.8, 4) is 0 Å². The fourth-order valence-corrected chi connectivity index (χ4v) is 2.77. The average Bonchev–Trinajstić information content (AvgIpc) is 3.04. The van der Waals surface area contributed by atoms with Crippen molar-refractivity contribution in [2.24, 2.45) is 13.0 Å². The molecule has 1 aromatic carbocycles. The largest absolute Gasteiger partial charge is 0.375 e. The molecule has 1 N–H and O–H groups in total. The number of nitrogens with zero attached hydrogens (tertiary/aromatic N) is 2. The van der Waals surface area contributed by atoms with Crippen molar-refractivity contribution in [1.82, 2.24) is 15.1 Å². The van der Waals surface area contributed by atoms with Crippen LogP contribution in [0.25, 0.3) is 10.9 Å². The van der Waals surface area contributed by atoms with Crippen LogP contribution in [0.15, 0.2) is 24.3 Å². The summed E-state index contributed by atoms with van der Waals surface area (Å²) in [6.07, 6.45) is 2.44. The van der Waals surface area contributed by atoms with Crippen LogP contribution in [0.3, 0.4) is 0 Å². The molecule has 0 radical (unpaired) electrons. The lowest BCUT2D eigenvalue weighted by Gasteiger charge is -2.07. The highest BCUT2D eigenvalue weighted by atomic mass is 16.5. The van der Waals surface area contributed by atoms with Crippen LogP contribution in [0.4, 0.5) is 0 Å². The first-order valence-electron chi connectivity index (χ1n) is 7.03. The summed E-state index contributed by atoms with van der Waals surface area (Å²) in [7, 11) is 1.98. The molecule has 3 rings (SSSR count). The Morgan fingerprint density at radius 1 is 1.42 bits per heavy atom. The van der Waals surface area contributed by atoms with E-state index in [9.17, 15) is 0 Å². The normalized spacial score (nSPS) is 19.3. The number of ether oxygens (including phenoxy) is 1. The second kappa shape index (κ2) is 5.72. The first kappa shape index (κ1) is 12.6. The zero-order chi connectivity index (χ0) is 13.1. The van der Waals surface area contributed by atoms with Crippen LogP contribution in [-0.4, -0.2) is 29.5 Å².